The van der Waals surface area contributed by atoms with E-state index in [1.54, 1.807) is 24.3 Å². The van der Waals surface area contributed by atoms with E-state index in [-0.39, 0.29) is 11.5 Å². The summed E-state index contributed by atoms with van der Waals surface area (Å²) in [6.45, 7) is 0. The minimum Gasteiger partial charge on any atom is -0.496 e. The van der Waals surface area contributed by atoms with Gasteiger partial charge in [0.25, 0.3) is 0 Å². The lowest BCUT2D eigenvalue weighted by atomic mass is 10.1. The van der Waals surface area contributed by atoms with Gasteiger partial charge in [-0.3, -0.25) is 4.79 Å². The highest BCUT2D eigenvalue weighted by atomic mass is 79.9. The van der Waals surface area contributed by atoms with Crippen molar-refractivity contribution in [3.8, 4) is 11.5 Å². The number of halogens is 2. The molecule has 4 nitrogen and oxygen atoms in total. The number of furan rings is 1. The molecule has 0 bridgehead atoms. The van der Waals surface area contributed by atoms with E-state index in [2.05, 4.69) is 31.9 Å². The first-order valence-corrected chi connectivity index (χ1v) is 6.87. The standard InChI is InChI=1S/C13H10Br2O4/c1-17-10-6-8(14)11(18-2)5-7(10)13(16)9-3-4-12(15)19-9/h3-6H,1-2H3. The van der Waals surface area contributed by atoms with Crippen molar-refractivity contribution in [2.45, 2.75) is 0 Å². The summed E-state index contributed by atoms with van der Waals surface area (Å²) in [4.78, 5) is 12.4. The zero-order valence-electron chi connectivity index (χ0n) is 10.2. The summed E-state index contributed by atoms with van der Waals surface area (Å²) in [6.07, 6.45) is 0. The molecule has 0 radical (unpaired) electrons. The van der Waals surface area contributed by atoms with Gasteiger partial charge in [0.05, 0.1) is 24.3 Å². The third kappa shape index (κ3) is 2.84. The Labute approximate surface area is 127 Å². The lowest BCUT2D eigenvalue weighted by Gasteiger charge is -2.10. The quantitative estimate of drug-likeness (QED) is 0.740. The number of methoxy groups -OCH3 is 2. The van der Waals surface area contributed by atoms with E-state index in [1.165, 1.54) is 14.2 Å². The summed E-state index contributed by atoms with van der Waals surface area (Å²) in [5, 5.41) is 0. The van der Waals surface area contributed by atoms with Gasteiger partial charge in [0.1, 0.15) is 11.5 Å². The first-order chi connectivity index (χ1) is 9.06. The van der Waals surface area contributed by atoms with Gasteiger partial charge in [-0.2, -0.15) is 0 Å². The van der Waals surface area contributed by atoms with E-state index in [9.17, 15) is 4.79 Å². The highest BCUT2D eigenvalue weighted by Gasteiger charge is 2.20. The maximum Gasteiger partial charge on any atom is 0.232 e. The van der Waals surface area contributed by atoms with Crippen LogP contribution in [0.1, 0.15) is 16.1 Å². The molecule has 0 N–H and O–H groups in total. The van der Waals surface area contributed by atoms with E-state index < -0.39 is 0 Å². The highest BCUT2D eigenvalue weighted by molar-refractivity contribution is 9.10. The lowest BCUT2D eigenvalue weighted by molar-refractivity contribution is 0.100. The zero-order chi connectivity index (χ0) is 14.0. The van der Waals surface area contributed by atoms with Gasteiger partial charge >= 0.3 is 0 Å². The maximum absolute atomic E-state index is 12.4. The van der Waals surface area contributed by atoms with Crippen molar-refractivity contribution in [3.63, 3.8) is 0 Å². The van der Waals surface area contributed by atoms with E-state index >= 15 is 0 Å². The molecule has 0 aliphatic heterocycles. The monoisotopic (exact) mass is 388 g/mol. The second-order valence-corrected chi connectivity index (χ2v) is 5.26. The van der Waals surface area contributed by atoms with Crippen molar-refractivity contribution in [3.05, 3.63) is 44.7 Å². The largest absolute Gasteiger partial charge is 0.496 e. The fourth-order valence-corrected chi connectivity index (χ4v) is 2.40. The Kier molecular flexibility index (Phi) is 4.31. The van der Waals surface area contributed by atoms with Crippen molar-refractivity contribution in [1.82, 2.24) is 0 Å². The Morgan fingerprint density at radius 2 is 1.79 bits per heavy atom. The minimum atomic E-state index is -0.270. The predicted molar refractivity (Wildman–Crippen MR) is 77.1 cm³/mol. The van der Waals surface area contributed by atoms with Crippen LogP contribution in [0.5, 0.6) is 11.5 Å². The number of carbonyl (C=O) groups excluding carboxylic acids is 1. The third-order valence-electron chi connectivity index (χ3n) is 2.52. The second-order valence-electron chi connectivity index (χ2n) is 3.62. The van der Waals surface area contributed by atoms with Crippen LogP contribution in [0.2, 0.25) is 0 Å². The fourth-order valence-electron chi connectivity index (χ4n) is 1.61. The molecule has 100 valence electrons. The van der Waals surface area contributed by atoms with Gasteiger partial charge in [0.2, 0.25) is 5.78 Å². The van der Waals surface area contributed by atoms with Crippen LogP contribution in [-0.2, 0) is 0 Å². The second kappa shape index (κ2) is 5.79. The van der Waals surface area contributed by atoms with Gasteiger partial charge in [-0.25, -0.2) is 0 Å². The van der Waals surface area contributed by atoms with E-state index in [1.807, 2.05) is 0 Å². The first-order valence-electron chi connectivity index (χ1n) is 5.28. The molecular weight excluding hydrogens is 380 g/mol. The van der Waals surface area contributed by atoms with Crippen molar-refractivity contribution in [1.29, 1.82) is 0 Å². The molecule has 0 atom stereocenters. The molecular formula is C13H10Br2O4. The summed E-state index contributed by atoms with van der Waals surface area (Å²) in [6, 6.07) is 6.56. The minimum absolute atomic E-state index is 0.231. The molecule has 0 spiro atoms. The number of hydrogen-bond acceptors (Lipinski definition) is 4. The molecule has 6 heteroatoms. The van der Waals surface area contributed by atoms with Gasteiger partial charge in [-0.1, -0.05) is 0 Å². The van der Waals surface area contributed by atoms with Crippen molar-refractivity contribution in [2.75, 3.05) is 14.2 Å². The van der Waals surface area contributed by atoms with Gasteiger partial charge < -0.3 is 13.9 Å². The number of rotatable bonds is 4. The summed E-state index contributed by atoms with van der Waals surface area (Å²) in [5.41, 5.74) is 0.379. The molecule has 0 saturated carbocycles. The SMILES string of the molecule is COc1cc(C(=O)c2ccc(Br)o2)c(OC)cc1Br. The Balaban J connectivity index is 2.51. The molecule has 2 aromatic rings. The van der Waals surface area contributed by atoms with Crippen LogP contribution in [0.15, 0.2) is 37.8 Å². The Hall–Kier alpha value is -1.27. The molecule has 0 fully saturated rings. The number of ketones is 1. The highest BCUT2D eigenvalue weighted by Crippen LogP contribution is 2.34. The Morgan fingerprint density at radius 3 is 2.32 bits per heavy atom. The summed E-state index contributed by atoms with van der Waals surface area (Å²) in [7, 11) is 3.04. The molecule has 1 aromatic carbocycles. The molecule has 19 heavy (non-hydrogen) atoms. The normalized spacial score (nSPS) is 10.3. The lowest BCUT2D eigenvalue weighted by Crippen LogP contribution is -2.04. The molecule has 2 rings (SSSR count). The molecule has 0 aliphatic carbocycles. The molecule has 0 aliphatic rings. The maximum atomic E-state index is 12.4. The van der Waals surface area contributed by atoms with Gasteiger partial charge in [0.15, 0.2) is 10.4 Å². The van der Waals surface area contributed by atoms with Crippen LogP contribution < -0.4 is 9.47 Å². The number of hydrogen-bond donors (Lipinski definition) is 0. The van der Waals surface area contributed by atoms with Crippen LogP contribution in [0, 0.1) is 0 Å². The van der Waals surface area contributed by atoms with E-state index in [0.717, 1.165) is 0 Å². The fraction of sp³-hybridized carbons (Fsp3) is 0.154. The summed E-state index contributed by atoms with van der Waals surface area (Å²) >= 11 is 6.51. The summed E-state index contributed by atoms with van der Waals surface area (Å²) < 4.78 is 16.9. The van der Waals surface area contributed by atoms with Crippen LogP contribution in [0.25, 0.3) is 0 Å². The van der Waals surface area contributed by atoms with Crippen LogP contribution in [-0.4, -0.2) is 20.0 Å². The average Bonchev–Trinajstić information content (AvgIpc) is 2.84. The van der Waals surface area contributed by atoms with Crippen LogP contribution in [0.4, 0.5) is 0 Å². The van der Waals surface area contributed by atoms with Crippen LogP contribution >= 0.6 is 31.9 Å². The van der Waals surface area contributed by atoms with Gasteiger partial charge in [0, 0.05) is 0 Å². The van der Waals surface area contributed by atoms with Gasteiger partial charge in [-0.15, -0.1) is 0 Å². The topological polar surface area (TPSA) is 48.7 Å². The molecule has 1 aromatic heterocycles. The van der Waals surface area contributed by atoms with E-state index in [4.69, 9.17) is 13.9 Å². The van der Waals surface area contributed by atoms with Crippen molar-refractivity contribution in [2.24, 2.45) is 0 Å². The zero-order valence-corrected chi connectivity index (χ0v) is 13.4. The van der Waals surface area contributed by atoms with Crippen LogP contribution in [0.3, 0.4) is 0 Å². The number of benzene rings is 1. The Morgan fingerprint density at radius 1 is 1.11 bits per heavy atom. The van der Waals surface area contributed by atoms with Crippen molar-refractivity contribution >= 4 is 37.6 Å². The third-order valence-corrected chi connectivity index (χ3v) is 3.56. The molecule has 0 unspecified atom stereocenters. The molecule has 0 saturated heterocycles. The number of ether oxygens (including phenoxy) is 2. The molecule has 0 amide bonds. The molecule has 1 heterocycles. The van der Waals surface area contributed by atoms with E-state index in [0.29, 0.717) is 26.2 Å². The average molecular weight is 390 g/mol. The predicted octanol–water partition coefficient (Wildman–Crippen LogP) is 4.05. The first kappa shape index (κ1) is 14.1. The van der Waals surface area contributed by atoms with Gasteiger partial charge in [-0.05, 0) is 56.1 Å². The summed E-state index contributed by atoms with van der Waals surface area (Å²) in [5.74, 6) is 0.961. The number of carbonyl (C=O) groups is 1. The smallest absolute Gasteiger partial charge is 0.232 e. The van der Waals surface area contributed by atoms with Crippen molar-refractivity contribution < 1.29 is 18.7 Å². The Bertz CT molecular complexity index is 619.